The van der Waals surface area contributed by atoms with E-state index in [1.54, 1.807) is 56.6 Å². The highest BCUT2D eigenvalue weighted by Gasteiger charge is 2.12. The maximum Gasteiger partial charge on any atom is 0.321 e. The van der Waals surface area contributed by atoms with Crippen LogP contribution in [0.5, 0.6) is 17.2 Å². The summed E-state index contributed by atoms with van der Waals surface area (Å²) in [4.78, 5) is 25.7. The first-order chi connectivity index (χ1) is 13.8. The molecule has 0 saturated carbocycles. The van der Waals surface area contributed by atoms with E-state index >= 15 is 0 Å². The number of rotatable bonds is 8. The fourth-order valence-electron chi connectivity index (χ4n) is 2.46. The largest absolute Gasteiger partial charge is 0.497 e. The van der Waals surface area contributed by atoms with Crippen LogP contribution < -0.4 is 29.7 Å². The van der Waals surface area contributed by atoms with Gasteiger partial charge in [0.1, 0.15) is 17.2 Å². The van der Waals surface area contributed by atoms with E-state index in [9.17, 15) is 9.59 Å². The van der Waals surface area contributed by atoms with E-state index in [1.807, 2.05) is 13.8 Å². The fraction of sp³-hybridized carbons (Fsp3) is 0.333. The van der Waals surface area contributed by atoms with Gasteiger partial charge in [-0.2, -0.15) is 0 Å². The molecule has 2 N–H and O–H groups in total. The molecule has 3 amide bonds. The van der Waals surface area contributed by atoms with Gasteiger partial charge in [0.15, 0.2) is 6.61 Å². The van der Waals surface area contributed by atoms with Gasteiger partial charge < -0.3 is 24.8 Å². The van der Waals surface area contributed by atoms with E-state index in [1.165, 1.54) is 12.0 Å². The first-order valence-corrected chi connectivity index (χ1v) is 9.13. The number of carbonyl (C=O) groups is 2. The summed E-state index contributed by atoms with van der Waals surface area (Å²) in [7, 11) is 4.75. The maximum absolute atomic E-state index is 12.2. The SMILES string of the molecule is COc1ccc(NC(=O)COc2ccc(N(C)C(=O)NC(C)C)cc2)c(OC)c1. The van der Waals surface area contributed by atoms with Crippen LogP contribution >= 0.6 is 0 Å². The van der Waals surface area contributed by atoms with Crippen molar-refractivity contribution in [1.82, 2.24) is 5.32 Å². The number of nitrogens with one attached hydrogen (secondary N) is 2. The van der Waals surface area contributed by atoms with Gasteiger partial charge in [-0.1, -0.05) is 0 Å². The molecule has 0 bridgehead atoms. The molecule has 0 aromatic heterocycles. The number of hydrogen-bond donors (Lipinski definition) is 2. The zero-order valence-electron chi connectivity index (χ0n) is 17.3. The summed E-state index contributed by atoms with van der Waals surface area (Å²) >= 11 is 0. The van der Waals surface area contributed by atoms with Crippen LogP contribution in [-0.2, 0) is 4.79 Å². The van der Waals surface area contributed by atoms with Crippen molar-refractivity contribution >= 4 is 23.3 Å². The first-order valence-electron chi connectivity index (χ1n) is 9.13. The molecule has 0 fully saturated rings. The predicted molar refractivity (Wildman–Crippen MR) is 112 cm³/mol. The summed E-state index contributed by atoms with van der Waals surface area (Å²) in [6, 6.07) is 11.9. The van der Waals surface area contributed by atoms with Gasteiger partial charge in [0.05, 0.1) is 19.9 Å². The normalized spacial score (nSPS) is 10.3. The highest BCUT2D eigenvalue weighted by molar-refractivity contribution is 5.93. The number of hydrogen-bond acceptors (Lipinski definition) is 5. The third-order valence-corrected chi connectivity index (χ3v) is 3.99. The topological polar surface area (TPSA) is 89.1 Å². The lowest BCUT2D eigenvalue weighted by Crippen LogP contribution is -2.40. The summed E-state index contributed by atoms with van der Waals surface area (Å²) in [5.74, 6) is 1.31. The van der Waals surface area contributed by atoms with Crippen LogP contribution in [0.1, 0.15) is 13.8 Å². The van der Waals surface area contributed by atoms with Crippen LogP contribution in [0.25, 0.3) is 0 Å². The number of methoxy groups -OCH3 is 2. The Morgan fingerprint density at radius 3 is 2.24 bits per heavy atom. The van der Waals surface area contributed by atoms with Crippen LogP contribution in [0.15, 0.2) is 42.5 Å². The molecule has 2 aromatic rings. The van der Waals surface area contributed by atoms with Crippen molar-refractivity contribution in [3.63, 3.8) is 0 Å². The van der Waals surface area contributed by atoms with Gasteiger partial charge in [-0.05, 0) is 50.2 Å². The van der Waals surface area contributed by atoms with Crippen molar-refractivity contribution in [2.75, 3.05) is 38.1 Å². The number of anilines is 2. The molecule has 156 valence electrons. The third kappa shape index (κ3) is 6.31. The Morgan fingerprint density at radius 2 is 1.66 bits per heavy atom. The van der Waals surface area contributed by atoms with Gasteiger partial charge in [-0.3, -0.25) is 9.69 Å². The molecule has 0 atom stereocenters. The lowest BCUT2D eigenvalue weighted by Gasteiger charge is -2.20. The fourth-order valence-corrected chi connectivity index (χ4v) is 2.46. The summed E-state index contributed by atoms with van der Waals surface area (Å²) in [6.45, 7) is 3.63. The van der Waals surface area contributed by atoms with Crippen LogP contribution in [0.4, 0.5) is 16.2 Å². The van der Waals surface area contributed by atoms with Crippen molar-refractivity contribution in [2.45, 2.75) is 19.9 Å². The Hall–Kier alpha value is -3.42. The molecule has 0 aliphatic rings. The van der Waals surface area contributed by atoms with Crippen LogP contribution in [0.2, 0.25) is 0 Å². The molecule has 0 spiro atoms. The zero-order chi connectivity index (χ0) is 21.4. The van der Waals surface area contributed by atoms with Gasteiger partial charge in [0.2, 0.25) is 0 Å². The Labute approximate surface area is 170 Å². The van der Waals surface area contributed by atoms with Gasteiger partial charge >= 0.3 is 6.03 Å². The second kappa shape index (κ2) is 10.2. The second-order valence-electron chi connectivity index (χ2n) is 6.56. The lowest BCUT2D eigenvalue weighted by molar-refractivity contribution is -0.118. The summed E-state index contributed by atoms with van der Waals surface area (Å²) < 4.78 is 15.9. The summed E-state index contributed by atoms with van der Waals surface area (Å²) in [5.41, 5.74) is 1.23. The van der Waals surface area contributed by atoms with E-state index in [2.05, 4.69) is 10.6 Å². The van der Waals surface area contributed by atoms with Crippen LogP contribution in [0, 0.1) is 0 Å². The number of benzene rings is 2. The third-order valence-electron chi connectivity index (χ3n) is 3.99. The molecule has 8 heteroatoms. The van der Waals surface area contributed by atoms with E-state index in [0.717, 1.165) is 0 Å². The molecule has 0 aliphatic carbocycles. The van der Waals surface area contributed by atoms with E-state index in [0.29, 0.717) is 28.6 Å². The smallest absolute Gasteiger partial charge is 0.321 e. The standard InChI is InChI=1S/C21H27N3O5/c1-14(2)22-21(26)24(3)15-6-8-16(9-7-15)29-13-20(25)23-18-11-10-17(27-4)12-19(18)28-5/h6-12,14H,13H2,1-5H3,(H,22,26)(H,23,25). The van der Waals surface area contributed by atoms with Gasteiger partial charge in [-0.15, -0.1) is 0 Å². The number of urea groups is 1. The molecule has 0 heterocycles. The van der Waals surface area contributed by atoms with Crippen molar-refractivity contribution in [2.24, 2.45) is 0 Å². The molecule has 2 rings (SSSR count). The Balaban J connectivity index is 1.91. The minimum Gasteiger partial charge on any atom is -0.497 e. The highest BCUT2D eigenvalue weighted by atomic mass is 16.5. The monoisotopic (exact) mass is 401 g/mol. The number of carbonyl (C=O) groups excluding carboxylic acids is 2. The molecule has 0 radical (unpaired) electrons. The molecular weight excluding hydrogens is 374 g/mol. The Morgan fingerprint density at radius 1 is 1.00 bits per heavy atom. The van der Waals surface area contributed by atoms with E-state index in [-0.39, 0.29) is 24.6 Å². The molecule has 29 heavy (non-hydrogen) atoms. The highest BCUT2D eigenvalue weighted by Crippen LogP contribution is 2.29. The minimum absolute atomic E-state index is 0.0513. The van der Waals surface area contributed by atoms with Gasteiger partial charge in [-0.25, -0.2) is 4.79 Å². The maximum atomic E-state index is 12.2. The number of ether oxygens (including phenoxy) is 3. The van der Waals surface area contributed by atoms with Gasteiger partial charge in [0.25, 0.3) is 5.91 Å². The molecule has 0 unspecified atom stereocenters. The average Bonchev–Trinajstić information content (AvgIpc) is 2.71. The lowest BCUT2D eigenvalue weighted by atomic mass is 10.2. The molecular formula is C21H27N3O5. The van der Waals surface area contributed by atoms with Gasteiger partial charge in [0, 0.05) is 24.8 Å². The molecule has 0 aliphatic heterocycles. The van der Waals surface area contributed by atoms with E-state index in [4.69, 9.17) is 14.2 Å². The minimum atomic E-state index is -0.328. The van der Waals surface area contributed by atoms with Crippen LogP contribution in [-0.4, -0.2) is 45.9 Å². The number of nitrogens with zero attached hydrogens (tertiary/aromatic N) is 1. The van der Waals surface area contributed by atoms with Crippen molar-refractivity contribution in [3.8, 4) is 17.2 Å². The first kappa shape index (κ1) is 21.9. The molecule has 2 aromatic carbocycles. The molecule has 8 nitrogen and oxygen atoms in total. The quantitative estimate of drug-likeness (QED) is 0.709. The Bertz CT molecular complexity index is 837. The molecule has 0 saturated heterocycles. The van der Waals surface area contributed by atoms with Crippen molar-refractivity contribution < 1.29 is 23.8 Å². The average molecular weight is 401 g/mol. The summed E-state index contributed by atoms with van der Waals surface area (Å²) in [5, 5.41) is 5.56. The van der Waals surface area contributed by atoms with Crippen LogP contribution in [0.3, 0.4) is 0 Å². The summed E-state index contributed by atoms with van der Waals surface area (Å²) in [6.07, 6.45) is 0. The predicted octanol–water partition coefficient (Wildman–Crippen LogP) is 3.28. The van der Waals surface area contributed by atoms with Crippen molar-refractivity contribution in [3.05, 3.63) is 42.5 Å². The number of amides is 3. The van der Waals surface area contributed by atoms with E-state index < -0.39 is 0 Å². The second-order valence-corrected chi connectivity index (χ2v) is 6.56. The zero-order valence-corrected chi connectivity index (χ0v) is 17.3. The Kier molecular flexibility index (Phi) is 7.70. The van der Waals surface area contributed by atoms with Crippen molar-refractivity contribution in [1.29, 1.82) is 0 Å².